The minimum absolute atomic E-state index is 0.0411. The number of anilines is 1. The van der Waals surface area contributed by atoms with E-state index in [4.69, 9.17) is 0 Å². The fourth-order valence-electron chi connectivity index (χ4n) is 3.18. The lowest BCUT2D eigenvalue weighted by Gasteiger charge is -2.19. The second kappa shape index (κ2) is 11.5. The van der Waals surface area contributed by atoms with Crippen LogP contribution in [0.3, 0.4) is 0 Å². The van der Waals surface area contributed by atoms with Crippen LogP contribution in [0.4, 0.5) is 10.5 Å². The third-order valence-corrected chi connectivity index (χ3v) is 4.80. The van der Waals surface area contributed by atoms with Crippen molar-refractivity contribution in [3.05, 3.63) is 102 Å². The number of carbonyl (C=O) groups is 3. The molecule has 0 aliphatic heterocycles. The van der Waals surface area contributed by atoms with Crippen molar-refractivity contribution in [1.82, 2.24) is 16.0 Å². The first-order valence-electron chi connectivity index (χ1n) is 10.8. The Kier molecular flexibility index (Phi) is 8.18. The van der Waals surface area contributed by atoms with Gasteiger partial charge >= 0.3 is 6.03 Å². The lowest BCUT2D eigenvalue weighted by Crippen LogP contribution is -2.40. The summed E-state index contributed by atoms with van der Waals surface area (Å²) in [5, 5.41) is 11.2. The van der Waals surface area contributed by atoms with E-state index in [1.165, 1.54) is 0 Å². The topological polar surface area (TPSA) is 99.3 Å². The van der Waals surface area contributed by atoms with E-state index in [2.05, 4.69) is 21.3 Å². The maximum Gasteiger partial charge on any atom is 0.319 e. The molecule has 3 aromatic carbocycles. The fraction of sp³-hybridized carbons (Fsp3) is 0.192. The van der Waals surface area contributed by atoms with Gasteiger partial charge in [0.25, 0.3) is 5.91 Å². The molecule has 1 unspecified atom stereocenters. The maximum atomic E-state index is 13.0. The summed E-state index contributed by atoms with van der Waals surface area (Å²) in [6.07, 6.45) is 0. The normalized spacial score (nSPS) is 11.4. The van der Waals surface area contributed by atoms with Gasteiger partial charge in [-0.25, -0.2) is 4.79 Å². The van der Waals surface area contributed by atoms with Gasteiger partial charge in [0.15, 0.2) is 0 Å². The summed E-state index contributed by atoms with van der Waals surface area (Å²) in [6, 6.07) is 24.0. The van der Waals surface area contributed by atoms with Crippen molar-refractivity contribution in [2.75, 3.05) is 5.32 Å². The van der Waals surface area contributed by atoms with Crippen LogP contribution in [0.25, 0.3) is 0 Å². The molecule has 4 amide bonds. The predicted octanol–water partition coefficient (Wildman–Crippen LogP) is 4.00. The van der Waals surface area contributed by atoms with Crippen molar-refractivity contribution < 1.29 is 14.4 Å². The summed E-state index contributed by atoms with van der Waals surface area (Å²) < 4.78 is 0. The van der Waals surface area contributed by atoms with E-state index in [9.17, 15) is 14.4 Å². The largest absolute Gasteiger partial charge is 0.350 e. The second-order valence-corrected chi connectivity index (χ2v) is 7.85. The molecule has 0 aromatic heterocycles. The molecule has 0 saturated carbocycles. The number of urea groups is 1. The number of nitrogens with one attached hydrogen (secondary N) is 4. The van der Waals surface area contributed by atoms with E-state index < -0.39 is 6.04 Å². The highest BCUT2D eigenvalue weighted by atomic mass is 16.2. The number of hydrogen-bond acceptors (Lipinski definition) is 3. The van der Waals surface area contributed by atoms with Gasteiger partial charge in [-0.1, -0.05) is 60.7 Å². The first kappa shape index (κ1) is 23.5. The van der Waals surface area contributed by atoms with Gasteiger partial charge in [0.2, 0.25) is 5.91 Å². The third-order valence-electron chi connectivity index (χ3n) is 4.80. The minimum atomic E-state index is -0.834. The summed E-state index contributed by atoms with van der Waals surface area (Å²) in [5.41, 5.74) is 2.69. The molecule has 3 rings (SSSR count). The Hall–Kier alpha value is -4.13. The van der Waals surface area contributed by atoms with Crippen LogP contribution >= 0.6 is 0 Å². The monoisotopic (exact) mass is 444 g/mol. The standard InChI is InChI=1S/C26H28N4O3/c1-18(2)28-26(33)29-22-15-13-19(14-16-22)17-27-25(32)23(20-9-5-3-6-10-20)30-24(31)21-11-7-4-8-12-21/h3-16,18,23H,17H2,1-2H3,(H,27,32)(H,30,31)(H2,28,29,33). The molecule has 7 heteroatoms. The number of rotatable bonds is 8. The molecule has 4 N–H and O–H groups in total. The third kappa shape index (κ3) is 7.21. The molecule has 7 nitrogen and oxygen atoms in total. The van der Waals surface area contributed by atoms with E-state index >= 15 is 0 Å². The van der Waals surface area contributed by atoms with E-state index in [-0.39, 0.29) is 30.4 Å². The molecule has 170 valence electrons. The number of benzene rings is 3. The zero-order chi connectivity index (χ0) is 23.6. The van der Waals surface area contributed by atoms with Crippen molar-refractivity contribution in [1.29, 1.82) is 0 Å². The van der Waals surface area contributed by atoms with Crippen molar-refractivity contribution in [2.45, 2.75) is 32.5 Å². The first-order valence-corrected chi connectivity index (χ1v) is 10.8. The van der Waals surface area contributed by atoms with Crippen LogP contribution in [-0.2, 0) is 11.3 Å². The van der Waals surface area contributed by atoms with Gasteiger partial charge in [-0.3, -0.25) is 9.59 Å². The molecule has 3 aromatic rings. The highest BCUT2D eigenvalue weighted by Crippen LogP contribution is 2.15. The van der Waals surface area contributed by atoms with E-state index in [0.717, 1.165) is 5.56 Å². The van der Waals surface area contributed by atoms with Crippen molar-refractivity contribution >= 4 is 23.5 Å². The van der Waals surface area contributed by atoms with E-state index in [0.29, 0.717) is 16.8 Å². The first-order chi connectivity index (χ1) is 15.9. The van der Waals surface area contributed by atoms with E-state index in [1.807, 2.05) is 50.2 Å². The minimum Gasteiger partial charge on any atom is -0.350 e. The smallest absolute Gasteiger partial charge is 0.319 e. The zero-order valence-corrected chi connectivity index (χ0v) is 18.7. The SMILES string of the molecule is CC(C)NC(=O)Nc1ccc(CNC(=O)C(NC(=O)c2ccccc2)c2ccccc2)cc1. The van der Waals surface area contributed by atoms with Crippen LogP contribution in [0, 0.1) is 0 Å². The Morgan fingerprint density at radius 1 is 0.758 bits per heavy atom. The van der Waals surface area contributed by atoms with Crippen LogP contribution in [0.5, 0.6) is 0 Å². The van der Waals surface area contributed by atoms with Gasteiger partial charge in [-0.15, -0.1) is 0 Å². The molecule has 0 aliphatic rings. The average Bonchev–Trinajstić information content (AvgIpc) is 2.82. The average molecular weight is 445 g/mol. The van der Waals surface area contributed by atoms with Gasteiger partial charge < -0.3 is 21.3 Å². The van der Waals surface area contributed by atoms with Crippen LogP contribution in [0.2, 0.25) is 0 Å². The van der Waals surface area contributed by atoms with Crippen molar-refractivity contribution in [2.24, 2.45) is 0 Å². The van der Waals surface area contributed by atoms with Gasteiger partial charge in [-0.2, -0.15) is 0 Å². The Balaban J connectivity index is 1.63. The Bertz CT molecular complexity index is 1070. The summed E-state index contributed by atoms with van der Waals surface area (Å²) in [5.74, 6) is -0.640. The highest BCUT2D eigenvalue weighted by molar-refractivity contribution is 5.97. The molecule has 33 heavy (non-hydrogen) atoms. The molecule has 0 bridgehead atoms. The summed E-state index contributed by atoms with van der Waals surface area (Å²) in [7, 11) is 0. The number of carbonyl (C=O) groups excluding carboxylic acids is 3. The molecule has 0 spiro atoms. The molecule has 0 fully saturated rings. The highest BCUT2D eigenvalue weighted by Gasteiger charge is 2.23. The fourth-order valence-corrected chi connectivity index (χ4v) is 3.18. The predicted molar refractivity (Wildman–Crippen MR) is 129 cm³/mol. The van der Waals surface area contributed by atoms with Gasteiger partial charge in [-0.05, 0) is 49.2 Å². The lowest BCUT2D eigenvalue weighted by molar-refractivity contribution is -0.123. The Labute approximate surface area is 193 Å². The quantitative estimate of drug-likeness (QED) is 0.423. The molecule has 0 saturated heterocycles. The molecular formula is C26H28N4O3. The number of amides is 4. The lowest BCUT2D eigenvalue weighted by atomic mass is 10.0. The Morgan fingerprint density at radius 2 is 1.36 bits per heavy atom. The van der Waals surface area contributed by atoms with Crippen LogP contribution in [0.1, 0.15) is 41.4 Å². The van der Waals surface area contributed by atoms with Gasteiger partial charge in [0.1, 0.15) is 6.04 Å². The zero-order valence-electron chi connectivity index (χ0n) is 18.7. The van der Waals surface area contributed by atoms with Gasteiger partial charge in [0.05, 0.1) is 0 Å². The van der Waals surface area contributed by atoms with Crippen LogP contribution in [0.15, 0.2) is 84.9 Å². The molecule has 0 aliphatic carbocycles. The van der Waals surface area contributed by atoms with Gasteiger partial charge in [0, 0.05) is 23.8 Å². The summed E-state index contributed by atoms with van der Waals surface area (Å²) in [6.45, 7) is 4.05. The molecule has 1 atom stereocenters. The Morgan fingerprint density at radius 3 is 1.97 bits per heavy atom. The summed E-state index contributed by atoms with van der Waals surface area (Å²) in [4.78, 5) is 37.5. The van der Waals surface area contributed by atoms with Crippen LogP contribution in [-0.4, -0.2) is 23.9 Å². The number of hydrogen-bond donors (Lipinski definition) is 4. The van der Waals surface area contributed by atoms with Crippen molar-refractivity contribution in [3.63, 3.8) is 0 Å². The summed E-state index contributed by atoms with van der Waals surface area (Å²) >= 11 is 0. The second-order valence-electron chi connectivity index (χ2n) is 7.85. The molecule has 0 radical (unpaired) electrons. The van der Waals surface area contributed by atoms with E-state index in [1.54, 1.807) is 48.5 Å². The molecule has 0 heterocycles. The van der Waals surface area contributed by atoms with Crippen LogP contribution < -0.4 is 21.3 Å². The molecular weight excluding hydrogens is 416 g/mol. The van der Waals surface area contributed by atoms with Crippen molar-refractivity contribution in [3.8, 4) is 0 Å². The maximum absolute atomic E-state index is 13.0.